The predicted octanol–water partition coefficient (Wildman–Crippen LogP) is 6.99. The molecule has 2 aromatic carbocycles. The van der Waals surface area contributed by atoms with Crippen LogP contribution in [0.15, 0.2) is 48.7 Å². The molecule has 5 aliphatic rings. The van der Waals surface area contributed by atoms with Gasteiger partial charge in [-0.25, -0.2) is 13.2 Å². The number of hydrogen-bond donors (Lipinski definition) is 0. The van der Waals surface area contributed by atoms with Crippen LogP contribution in [-0.4, -0.2) is 63.8 Å². The molecule has 4 aromatic rings. The zero-order chi connectivity index (χ0) is 31.4. The summed E-state index contributed by atoms with van der Waals surface area (Å²) in [6.07, 6.45) is 13.3. The van der Waals surface area contributed by atoms with Crippen LogP contribution in [0.3, 0.4) is 0 Å². The summed E-state index contributed by atoms with van der Waals surface area (Å²) in [6, 6.07) is 7.95. The van der Waals surface area contributed by atoms with Crippen molar-refractivity contribution < 1.29 is 17.9 Å². The molecule has 0 unspecified atom stereocenters. The van der Waals surface area contributed by atoms with E-state index in [9.17, 15) is 4.39 Å². The first kappa shape index (κ1) is 28.1. The lowest BCUT2D eigenvalue weighted by Crippen LogP contribution is -2.49. The first-order valence-electron chi connectivity index (χ1n) is 16.3. The van der Waals surface area contributed by atoms with E-state index in [1.807, 2.05) is 4.90 Å². The minimum Gasteiger partial charge on any atom is -0.461 e. The van der Waals surface area contributed by atoms with Gasteiger partial charge in [-0.3, -0.25) is 9.88 Å². The van der Waals surface area contributed by atoms with Gasteiger partial charge in [0.15, 0.2) is 5.82 Å². The van der Waals surface area contributed by atoms with E-state index < -0.39 is 17.8 Å². The van der Waals surface area contributed by atoms with Gasteiger partial charge in [-0.1, -0.05) is 48.8 Å². The lowest BCUT2D eigenvalue weighted by atomic mass is 9.80. The van der Waals surface area contributed by atoms with Crippen molar-refractivity contribution >= 4 is 27.5 Å². The second kappa shape index (κ2) is 9.92. The van der Waals surface area contributed by atoms with E-state index in [-0.39, 0.29) is 45.7 Å². The molecule has 6 nitrogen and oxygen atoms in total. The van der Waals surface area contributed by atoms with E-state index >= 15 is 8.78 Å². The smallest absolute Gasteiger partial charge is 0.319 e. The fourth-order valence-corrected chi connectivity index (χ4v) is 9.04. The van der Waals surface area contributed by atoms with Crippen LogP contribution in [0, 0.1) is 35.3 Å². The molecule has 9 rings (SSSR count). The summed E-state index contributed by atoms with van der Waals surface area (Å²) in [5, 5.41) is 1.48. The standard InChI is InChI=1S/C37H34F3N5O/c1-3-23-27(38)11-10-22-7-6-9-24(28(22)23)31-30(40)32-26(18-41-31)34(45-15-5-4-8-25-29(39)33(25)45)43-35(42-32)46-20-37-17-21(2)19-44(37)16-14-36(37)12-13-36/h1,6-7,9-11,18,25,29,33H,2,4-5,8,12-17,19-20H2/t25-,29-,33-,37-/m0/s1. The van der Waals surface area contributed by atoms with Crippen molar-refractivity contribution in [2.24, 2.45) is 11.3 Å². The van der Waals surface area contributed by atoms with Gasteiger partial charge in [0, 0.05) is 36.2 Å². The van der Waals surface area contributed by atoms with Crippen molar-refractivity contribution in [2.75, 3.05) is 31.1 Å². The van der Waals surface area contributed by atoms with Gasteiger partial charge in [0.25, 0.3) is 0 Å². The number of terminal acetylenes is 1. The third-order valence-corrected chi connectivity index (χ3v) is 11.6. The molecule has 4 atom stereocenters. The number of rotatable bonds is 5. The molecule has 1 spiro atoms. The maximum absolute atomic E-state index is 16.9. The molecule has 2 saturated carbocycles. The van der Waals surface area contributed by atoms with E-state index in [0.29, 0.717) is 40.7 Å². The highest BCUT2D eigenvalue weighted by molar-refractivity contribution is 6.02. The number of benzene rings is 2. The molecule has 234 valence electrons. The predicted molar refractivity (Wildman–Crippen MR) is 171 cm³/mol. The SMILES string of the molecule is C#Cc1c(F)ccc2cccc(-c3ncc4c(N5CCCC[C@H]6[C@H](F)[C@H]65)nc(OC[C@]56CC(=C)CN5CCC65CC5)nc4c3F)c12. The van der Waals surface area contributed by atoms with Crippen molar-refractivity contribution in [3.63, 3.8) is 0 Å². The van der Waals surface area contributed by atoms with E-state index in [0.717, 1.165) is 58.0 Å². The maximum Gasteiger partial charge on any atom is 0.319 e. The van der Waals surface area contributed by atoms with Crippen LogP contribution in [0.5, 0.6) is 6.01 Å². The molecule has 0 bridgehead atoms. The Labute approximate surface area is 265 Å². The maximum atomic E-state index is 16.9. The Morgan fingerprint density at radius 1 is 1.09 bits per heavy atom. The first-order chi connectivity index (χ1) is 22.3. The van der Waals surface area contributed by atoms with Gasteiger partial charge >= 0.3 is 6.01 Å². The average Bonchev–Trinajstić information content (AvgIpc) is 3.93. The summed E-state index contributed by atoms with van der Waals surface area (Å²) in [7, 11) is 0. The molecule has 2 aliphatic carbocycles. The molecule has 5 fully saturated rings. The number of anilines is 1. The number of halogens is 3. The lowest BCUT2D eigenvalue weighted by Gasteiger charge is -2.37. The highest BCUT2D eigenvalue weighted by atomic mass is 19.1. The highest BCUT2D eigenvalue weighted by Crippen LogP contribution is 2.66. The van der Waals surface area contributed by atoms with Gasteiger partial charge in [0.1, 0.15) is 35.6 Å². The van der Waals surface area contributed by atoms with Crippen LogP contribution < -0.4 is 9.64 Å². The number of aromatic nitrogens is 3. The van der Waals surface area contributed by atoms with Crippen molar-refractivity contribution in [1.29, 1.82) is 0 Å². The zero-order valence-corrected chi connectivity index (χ0v) is 25.5. The number of hydrogen-bond acceptors (Lipinski definition) is 6. The summed E-state index contributed by atoms with van der Waals surface area (Å²) in [4.78, 5) is 18.6. The normalized spacial score (nSPS) is 27.9. The summed E-state index contributed by atoms with van der Waals surface area (Å²) in [6.45, 7) is 7.15. The molecular formula is C37H34F3N5O. The van der Waals surface area contributed by atoms with Gasteiger partial charge < -0.3 is 9.64 Å². The van der Waals surface area contributed by atoms with Crippen molar-refractivity contribution in [3.8, 4) is 29.6 Å². The second-order valence-corrected chi connectivity index (χ2v) is 14.0. The number of pyridine rings is 1. The number of alkyl halides is 1. The topological polar surface area (TPSA) is 54.4 Å². The van der Waals surface area contributed by atoms with Gasteiger partial charge in [0.2, 0.25) is 0 Å². The highest BCUT2D eigenvalue weighted by Gasteiger charge is 2.67. The summed E-state index contributed by atoms with van der Waals surface area (Å²) < 4.78 is 53.3. The number of ether oxygens (including phenoxy) is 1. The third kappa shape index (κ3) is 3.92. The Morgan fingerprint density at radius 3 is 2.78 bits per heavy atom. The van der Waals surface area contributed by atoms with Gasteiger partial charge in [-0.2, -0.15) is 9.97 Å². The van der Waals surface area contributed by atoms with E-state index in [4.69, 9.17) is 16.1 Å². The number of nitrogens with zero attached hydrogens (tertiary/aromatic N) is 5. The number of fused-ring (bicyclic) bond motifs is 5. The summed E-state index contributed by atoms with van der Waals surface area (Å²) in [5.74, 6) is 1.58. The van der Waals surface area contributed by atoms with Crippen LogP contribution >= 0.6 is 0 Å². The molecule has 46 heavy (non-hydrogen) atoms. The molecule has 3 saturated heterocycles. The van der Waals surface area contributed by atoms with Gasteiger partial charge in [-0.05, 0) is 61.9 Å². The van der Waals surface area contributed by atoms with Gasteiger partial charge in [-0.15, -0.1) is 6.42 Å². The van der Waals surface area contributed by atoms with Crippen LogP contribution in [0.1, 0.15) is 50.5 Å². The van der Waals surface area contributed by atoms with E-state index in [2.05, 4.69) is 27.4 Å². The average molecular weight is 622 g/mol. The minimum atomic E-state index is -0.954. The molecular weight excluding hydrogens is 587 g/mol. The van der Waals surface area contributed by atoms with Gasteiger partial charge in [0.05, 0.1) is 22.5 Å². The molecule has 3 aliphatic heterocycles. The Kier molecular flexibility index (Phi) is 6.06. The molecule has 5 heterocycles. The fraction of sp³-hybridized carbons (Fsp3) is 0.432. The first-order valence-corrected chi connectivity index (χ1v) is 16.3. The molecule has 0 N–H and O–H groups in total. The Hall–Kier alpha value is -4.16. The monoisotopic (exact) mass is 621 g/mol. The lowest BCUT2D eigenvalue weighted by molar-refractivity contribution is 0.0649. The Morgan fingerprint density at radius 2 is 1.96 bits per heavy atom. The second-order valence-electron chi connectivity index (χ2n) is 14.0. The zero-order valence-electron chi connectivity index (χ0n) is 25.5. The Bertz CT molecular complexity index is 2000. The van der Waals surface area contributed by atoms with Crippen LogP contribution in [-0.2, 0) is 0 Å². The largest absolute Gasteiger partial charge is 0.461 e. The van der Waals surface area contributed by atoms with Crippen LogP contribution in [0.2, 0.25) is 0 Å². The fourth-order valence-electron chi connectivity index (χ4n) is 9.04. The van der Waals surface area contributed by atoms with Crippen molar-refractivity contribution in [2.45, 2.75) is 62.7 Å². The van der Waals surface area contributed by atoms with Crippen LogP contribution in [0.4, 0.5) is 19.0 Å². The molecule has 9 heteroatoms. The van der Waals surface area contributed by atoms with E-state index in [1.165, 1.54) is 11.6 Å². The molecule has 0 amide bonds. The quantitative estimate of drug-likeness (QED) is 0.177. The van der Waals surface area contributed by atoms with Crippen molar-refractivity contribution in [1.82, 2.24) is 19.9 Å². The molecule has 0 radical (unpaired) electrons. The van der Waals surface area contributed by atoms with E-state index in [1.54, 1.807) is 30.5 Å². The van der Waals surface area contributed by atoms with Crippen LogP contribution in [0.25, 0.3) is 32.9 Å². The third-order valence-electron chi connectivity index (χ3n) is 11.6. The Balaban J connectivity index is 1.20. The summed E-state index contributed by atoms with van der Waals surface area (Å²) in [5.41, 5.74) is 1.70. The van der Waals surface area contributed by atoms with Crippen molar-refractivity contribution in [3.05, 3.63) is 65.9 Å². The molecule has 2 aromatic heterocycles. The summed E-state index contributed by atoms with van der Waals surface area (Å²) >= 11 is 0. The minimum absolute atomic E-state index is 0.00363.